The molecule has 0 saturated carbocycles. The number of alkyl halides is 3. The predicted octanol–water partition coefficient (Wildman–Crippen LogP) is 4.33. The molecule has 2 aromatic carbocycles. The average Bonchev–Trinajstić information content (AvgIpc) is 2.46. The van der Waals surface area contributed by atoms with E-state index in [-0.39, 0.29) is 12.2 Å². The molecule has 0 radical (unpaired) electrons. The molecule has 0 saturated heterocycles. The number of halogens is 3. The Morgan fingerprint density at radius 3 is 2.45 bits per heavy atom. The first kappa shape index (κ1) is 15.7. The van der Waals surface area contributed by atoms with Crippen LogP contribution in [0.4, 0.5) is 13.2 Å². The molecule has 0 unspecified atom stereocenters. The maximum absolute atomic E-state index is 12.5. The Bertz CT molecular complexity index is 705. The highest BCUT2D eigenvalue weighted by Gasteiger charge is 2.32. The van der Waals surface area contributed by atoms with Crippen LogP contribution in [-0.2, 0) is 6.42 Å². The van der Waals surface area contributed by atoms with Gasteiger partial charge in [0.05, 0.1) is 19.6 Å². The van der Waals surface area contributed by atoms with Crippen molar-refractivity contribution in [3.8, 4) is 28.7 Å². The molecule has 2 rings (SSSR count). The second-order valence-electron chi connectivity index (χ2n) is 4.41. The van der Waals surface area contributed by atoms with Gasteiger partial charge in [0.2, 0.25) is 0 Å². The molecular formula is C16H12F3NO2. The molecule has 0 amide bonds. The molecule has 0 aliphatic heterocycles. The fourth-order valence-corrected chi connectivity index (χ4v) is 2.09. The van der Waals surface area contributed by atoms with Gasteiger partial charge >= 0.3 is 6.36 Å². The van der Waals surface area contributed by atoms with Gasteiger partial charge < -0.3 is 9.47 Å². The molecule has 0 spiro atoms. The minimum absolute atomic E-state index is 0.0965. The zero-order valence-electron chi connectivity index (χ0n) is 11.6. The van der Waals surface area contributed by atoms with E-state index in [0.29, 0.717) is 22.4 Å². The first-order chi connectivity index (χ1) is 10.4. The smallest absolute Gasteiger partial charge is 0.496 e. The minimum Gasteiger partial charge on any atom is -0.496 e. The Morgan fingerprint density at radius 1 is 1.09 bits per heavy atom. The molecule has 0 N–H and O–H groups in total. The van der Waals surface area contributed by atoms with Gasteiger partial charge in [-0.3, -0.25) is 0 Å². The van der Waals surface area contributed by atoms with Crippen LogP contribution in [0.15, 0.2) is 42.5 Å². The minimum atomic E-state index is -4.77. The number of ether oxygens (including phenoxy) is 2. The number of rotatable bonds is 4. The molecule has 3 nitrogen and oxygen atoms in total. The summed E-state index contributed by atoms with van der Waals surface area (Å²) in [5.41, 5.74) is 1.41. The summed E-state index contributed by atoms with van der Waals surface area (Å²) in [6, 6.07) is 12.7. The lowest BCUT2D eigenvalue weighted by Crippen LogP contribution is -2.17. The van der Waals surface area contributed by atoms with E-state index >= 15 is 0 Å². The molecular weight excluding hydrogens is 295 g/mol. The van der Waals surface area contributed by atoms with Crippen molar-refractivity contribution in [2.45, 2.75) is 12.8 Å². The van der Waals surface area contributed by atoms with Crippen LogP contribution in [0.1, 0.15) is 5.56 Å². The van der Waals surface area contributed by atoms with Crippen LogP contribution in [0.2, 0.25) is 0 Å². The van der Waals surface area contributed by atoms with Gasteiger partial charge in [-0.15, -0.1) is 13.2 Å². The van der Waals surface area contributed by atoms with E-state index in [4.69, 9.17) is 10.00 Å². The summed E-state index contributed by atoms with van der Waals surface area (Å²) >= 11 is 0. The third-order valence-electron chi connectivity index (χ3n) is 2.97. The standard InChI is InChI=1S/C16H12F3NO2/c1-21-14-7-6-11(10-12(14)8-9-20)13-4-2-3-5-15(13)22-16(17,18)19/h2-7,10H,8H2,1H3. The molecule has 6 heteroatoms. The Labute approximate surface area is 125 Å². The molecule has 114 valence electrons. The normalized spacial score (nSPS) is 10.9. The Hall–Kier alpha value is -2.68. The van der Waals surface area contributed by atoms with Crippen LogP contribution < -0.4 is 9.47 Å². The SMILES string of the molecule is COc1ccc(-c2ccccc2OC(F)(F)F)cc1CC#N. The average molecular weight is 307 g/mol. The van der Waals surface area contributed by atoms with E-state index < -0.39 is 6.36 Å². The van der Waals surface area contributed by atoms with Crippen LogP contribution in [0.3, 0.4) is 0 Å². The predicted molar refractivity (Wildman–Crippen MR) is 74.4 cm³/mol. The Morgan fingerprint density at radius 2 is 1.82 bits per heavy atom. The molecule has 0 fully saturated rings. The van der Waals surface area contributed by atoms with Crippen LogP contribution in [0.5, 0.6) is 11.5 Å². The van der Waals surface area contributed by atoms with E-state index in [9.17, 15) is 13.2 Å². The monoisotopic (exact) mass is 307 g/mol. The second-order valence-corrected chi connectivity index (χ2v) is 4.41. The number of para-hydroxylation sites is 1. The fraction of sp³-hybridized carbons (Fsp3) is 0.188. The van der Waals surface area contributed by atoms with E-state index in [1.807, 2.05) is 6.07 Å². The highest BCUT2D eigenvalue weighted by Crippen LogP contribution is 2.35. The van der Waals surface area contributed by atoms with Crippen LogP contribution in [0, 0.1) is 11.3 Å². The van der Waals surface area contributed by atoms with Crippen LogP contribution in [-0.4, -0.2) is 13.5 Å². The van der Waals surface area contributed by atoms with Crippen molar-refractivity contribution >= 4 is 0 Å². The van der Waals surface area contributed by atoms with Gasteiger partial charge in [0.1, 0.15) is 11.5 Å². The third kappa shape index (κ3) is 3.70. The molecule has 22 heavy (non-hydrogen) atoms. The summed E-state index contributed by atoms with van der Waals surface area (Å²) in [6.45, 7) is 0. The lowest BCUT2D eigenvalue weighted by Gasteiger charge is -2.14. The first-order valence-electron chi connectivity index (χ1n) is 6.33. The first-order valence-corrected chi connectivity index (χ1v) is 6.33. The molecule has 0 atom stereocenters. The van der Waals surface area contributed by atoms with E-state index in [0.717, 1.165) is 0 Å². The quantitative estimate of drug-likeness (QED) is 0.844. The van der Waals surface area contributed by atoms with E-state index in [2.05, 4.69) is 4.74 Å². The number of hydrogen-bond donors (Lipinski definition) is 0. The molecule has 0 bridgehead atoms. The van der Waals surface area contributed by atoms with Crippen molar-refractivity contribution in [3.63, 3.8) is 0 Å². The zero-order chi connectivity index (χ0) is 16.2. The van der Waals surface area contributed by atoms with Gasteiger partial charge in [-0.25, -0.2) is 0 Å². The van der Waals surface area contributed by atoms with Gasteiger partial charge in [0.25, 0.3) is 0 Å². The topological polar surface area (TPSA) is 42.2 Å². The summed E-state index contributed by atoms with van der Waals surface area (Å²) in [5, 5.41) is 8.83. The van der Waals surface area contributed by atoms with Crippen LogP contribution >= 0.6 is 0 Å². The van der Waals surface area contributed by atoms with Gasteiger partial charge in [0, 0.05) is 11.1 Å². The summed E-state index contributed by atoms with van der Waals surface area (Å²) in [4.78, 5) is 0. The number of methoxy groups -OCH3 is 1. The van der Waals surface area contributed by atoms with Crippen molar-refractivity contribution in [2.24, 2.45) is 0 Å². The largest absolute Gasteiger partial charge is 0.573 e. The Kier molecular flexibility index (Phi) is 4.56. The molecule has 0 heterocycles. The number of nitrogens with zero attached hydrogens (tertiary/aromatic N) is 1. The van der Waals surface area contributed by atoms with Crippen LogP contribution in [0.25, 0.3) is 11.1 Å². The molecule has 0 aromatic heterocycles. The molecule has 2 aromatic rings. The fourth-order valence-electron chi connectivity index (χ4n) is 2.09. The summed E-state index contributed by atoms with van der Waals surface area (Å²) < 4.78 is 46.6. The zero-order valence-corrected chi connectivity index (χ0v) is 11.6. The number of benzene rings is 2. The third-order valence-corrected chi connectivity index (χ3v) is 2.97. The summed E-state index contributed by atoms with van der Waals surface area (Å²) in [5.74, 6) is 0.225. The maximum atomic E-state index is 12.5. The van der Waals surface area contributed by atoms with Gasteiger partial charge in [0.15, 0.2) is 0 Å². The van der Waals surface area contributed by atoms with Gasteiger partial charge in [-0.05, 0) is 23.8 Å². The van der Waals surface area contributed by atoms with Crippen molar-refractivity contribution in [2.75, 3.05) is 7.11 Å². The highest BCUT2D eigenvalue weighted by molar-refractivity contribution is 5.72. The van der Waals surface area contributed by atoms with Crippen molar-refractivity contribution < 1.29 is 22.6 Å². The molecule has 0 aliphatic carbocycles. The second kappa shape index (κ2) is 6.39. The van der Waals surface area contributed by atoms with Gasteiger partial charge in [-0.1, -0.05) is 24.3 Å². The number of nitriles is 1. The van der Waals surface area contributed by atoms with E-state index in [1.54, 1.807) is 24.3 Å². The lowest BCUT2D eigenvalue weighted by molar-refractivity contribution is -0.274. The number of hydrogen-bond acceptors (Lipinski definition) is 3. The summed E-state index contributed by atoms with van der Waals surface area (Å²) in [7, 11) is 1.47. The van der Waals surface area contributed by atoms with Gasteiger partial charge in [-0.2, -0.15) is 5.26 Å². The van der Waals surface area contributed by atoms with Crippen molar-refractivity contribution in [1.29, 1.82) is 5.26 Å². The summed E-state index contributed by atoms with van der Waals surface area (Å²) in [6.07, 6.45) is -4.67. The van der Waals surface area contributed by atoms with Crippen molar-refractivity contribution in [3.05, 3.63) is 48.0 Å². The highest BCUT2D eigenvalue weighted by atomic mass is 19.4. The van der Waals surface area contributed by atoms with E-state index in [1.165, 1.54) is 25.3 Å². The molecule has 0 aliphatic rings. The maximum Gasteiger partial charge on any atom is 0.573 e. The Balaban J connectivity index is 2.48. The van der Waals surface area contributed by atoms with Crippen molar-refractivity contribution in [1.82, 2.24) is 0 Å². The lowest BCUT2D eigenvalue weighted by atomic mass is 10.0.